The van der Waals surface area contributed by atoms with Crippen LogP contribution in [-0.4, -0.2) is 50.0 Å². The second-order valence-electron chi connectivity index (χ2n) is 7.49. The van der Waals surface area contributed by atoms with Crippen LogP contribution in [0.25, 0.3) is 22.4 Å². The van der Waals surface area contributed by atoms with Gasteiger partial charge in [-0.25, -0.2) is 19.2 Å². The molecule has 168 valence electrons. The maximum absolute atomic E-state index is 13.4. The minimum atomic E-state index is -0.545. The molecule has 1 unspecified atom stereocenters. The van der Waals surface area contributed by atoms with E-state index in [2.05, 4.69) is 15.3 Å². The van der Waals surface area contributed by atoms with Gasteiger partial charge in [0.25, 0.3) is 5.56 Å². The van der Waals surface area contributed by atoms with Crippen LogP contribution in [0.1, 0.15) is 12.8 Å². The van der Waals surface area contributed by atoms with E-state index in [0.29, 0.717) is 18.7 Å². The molecule has 9 nitrogen and oxygen atoms in total. The van der Waals surface area contributed by atoms with Crippen LogP contribution in [0.2, 0.25) is 0 Å². The summed E-state index contributed by atoms with van der Waals surface area (Å²) in [5, 5.41) is 3.26. The van der Waals surface area contributed by atoms with Gasteiger partial charge in [-0.3, -0.25) is 18.7 Å². The summed E-state index contributed by atoms with van der Waals surface area (Å²) < 4.78 is 21.1. The number of aromatic nitrogens is 4. The minimum Gasteiger partial charge on any atom is -0.376 e. The van der Waals surface area contributed by atoms with Crippen LogP contribution >= 0.6 is 11.8 Å². The van der Waals surface area contributed by atoms with E-state index in [1.54, 1.807) is 0 Å². The molecule has 32 heavy (non-hydrogen) atoms. The van der Waals surface area contributed by atoms with Crippen molar-refractivity contribution in [2.45, 2.75) is 24.0 Å². The Labute approximate surface area is 186 Å². The highest BCUT2D eigenvalue weighted by Crippen LogP contribution is 2.26. The number of ether oxygens (including phenoxy) is 1. The quantitative estimate of drug-likeness (QED) is 0.436. The van der Waals surface area contributed by atoms with Crippen molar-refractivity contribution in [3.63, 3.8) is 0 Å². The molecule has 1 atom stereocenters. The van der Waals surface area contributed by atoms with Gasteiger partial charge in [-0.05, 0) is 37.1 Å². The summed E-state index contributed by atoms with van der Waals surface area (Å²) in [5.74, 6) is -0.383. The number of carbonyl (C=O) groups excluding carboxylic acids is 1. The number of hydrogen-bond acceptors (Lipinski definition) is 7. The summed E-state index contributed by atoms with van der Waals surface area (Å²) in [6.45, 7) is 1.14. The fourth-order valence-corrected chi connectivity index (χ4v) is 4.32. The van der Waals surface area contributed by atoms with Crippen LogP contribution in [-0.2, 0) is 23.6 Å². The third kappa shape index (κ3) is 4.44. The standard InChI is InChI=1S/C21H22FN5O4S/c1-26-18-16(20(29)27(2)21(26)30)19(25-17(24-18)12-5-7-13(22)8-6-12)32-11-15(28)23-10-14-4-3-9-31-14/h5-8,14H,3-4,9-11H2,1-2H3,(H,23,28). The highest BCUT2D eigenvalue weighted by atomic mass is 32.2. The van der Waals surface area contributed by atoms with Gasteiger partial charge in [0, 0.05) is 32.8 Å². The van der Waals surface area contributed by atoms with Gasteiger partial charge in [-0.2, -0.15) is 0 Å². The number of thioether (sulfide) groups is 1. The van der Waals surface area contributed by atoms with Gasteiger partial charge in [0.2, 0.25) is 5.91 Å². The molecule has 1 fully saturated rings. The number of carbonyl (C=O) groups is 1. The summed E-state index contributed by atoms with van der Waals surface area (Å²) in [6, 6.07) is 5.57. The van der Waals surface area contributed by atoms with Gasteiger partial charge in [0.1, 0.15) is 16.2 Å². The molecular weight excluding hydrogens is 437 g/mol. The molecule has 1 saturated heterocycles. The van der Waals surface area contributed by atoms with Crippen molar-refractivity contribution in [2.24, 2.45) is 14.1 Å². The number of rotatable bonds is 6. The van der Waals surface area contributed by atoms with Crippen LogP contribution in [0.15, 0.2) is 38.9 Å². The van der Waals surface area contributed by atoms with Gasteiger partial charge in [-0.15, -0.1) is 0 Å². The average Bonchev–Trinajstić information content (AvgIpc) is 3.32. The van der Waals surface area contributed by atoms with Gasteiger partial charge >= 0.3 is 5.69 Å². The normalized spacial score (nSPS) is 15.9. The molecule has 4 rings (SSSR count). The maximum Gasteiger partial charge on any atom is 0.332 e. The van der Waals surface area contributed by atoms with Crippen LogP contribution in [0.4, 0.5) is 4.39 Å². The Morgan fingerprint density at radius 2 is 1.97 bits per heavy atom. The van der Waals surface area contributed by atoms with Gasteiger partial charge in [-0.1, -0.05) is 11.8 Å². The van der Waals surface area contributed by atoms with Crippen molar-refractivity contribution in [1.82, 2.24) is 24.4 Å². The molecule has 11 heteroatoms. The molecule has 3 heterocycles. The molecule has 0 spiro atoms. The lowest BCUT2D eigenvalue weighted by molar-refractivity contribution is -0.119. The molecule has 1 N–H and O–H groups in total. The largest absolute Gasteiger partial charge is 0.376 e. The first-order valence-corrected chi connectivity index (χ1v) is 11.1. The lowest BCUT2D eigenvalue weighted by Crippen LogP contribution is -2.38. The molecule has 1 aliphatic heterocycles. The zero-order chi connectivity index (χ0) is 22.8. The van der Waals surface area contributed by atoms with Crippen molar-refractivity contribution in [2.75, 3.05) is 18.9 Å². The lowest BCUT2D eigenvalue weighted by Gasteiger charge is -2.13. The third-order valence-electron chi connectivity index (χ3n) is 5.26. The van der Waals surface area contributed by atoms with Crippen molar-refractivity contribution in [3.05, 3.63) is 50.9 Å². The predicted octanol–water partition coefficient (Wildman–Crippen LogP) is 1.22. The topological polar surface area (TPSA) is 108 Å². The lowest BCUT2D eigenvalue weighted by atomic mass is 10.2. The first-order valence-electron chi connectivity index (χ1n) is 10.1. The van der Waals surface area contributed by atoms with E-state index < -0.39 is 17.1 Å². The summed E-state index contributed by atoms with van der Waals surface area (Å²) >= 11 is 1.08. The Morgan fingerprint density at radius 1 is 1.22 bits per heavy atom. The van der Waals surface area contributed by atoms with Crippen molar-refractivity contribution in [3.8, 4) is 11.4 Å². The number of fused-ring (bicyclic) bond motifs is 1. The smallest absolute Gasteiger partial charge is 0.332 e. The number of hydrogen-bond donors (Lipinski definition) is 1. The first-order chi connectivity index (χ1) is 15.3. The van der Waals surface area contributed by atoms with E-state index in [1.807, 2.05) is 0 Å². The second kappa shape index (κ2) is 9.21. The molecule has 0 aliphatic carbocycles. The highest BCUT2D eigenvalue weighted by Gasteiger charge is 2.20. The third-order valence-corrected chi connectivity index (χ3v) is 6.24. The molecule has 1 aromatic carbocycles. The molecular formula is C21H22FN5O4S. The predicted molar refractivity (Wildman–Crippen MR) is 118 cm³/mol. The van der Waals surface area contributed by atoms with Gasteiger partial charge in [0.05, 0.1) is 11.9 Å². The van der Waals surface area contributed by atoms with Crippen LogP contribution < -0.4 is 16.6 Å². The number of benzene rings is 1. The first kappa shape index (κ1) is 22.2. The SMILES string of the molecule is Cn1c(=O)c2c(SCC(=O)NCC3CCCO3)nc(-c3ccc(F)cc3)nc2n(C)c1=O. The number of nitrogens with one attached hydrogen (secondary N) is 1. The fourth-order valence-electron chi connectivity index (χ4n) is 3.48. The van der Waals surface area contributed by atoms with Crippen molar-refractivity contribution in [1.29, 1.82) is 0 Å². The van der Waals surface area contributed by atoms with Crippen LogP contribution in [0.3, 0.4) is 0 Å². The number of nitrogens with zero attached hydrogens (tertiary/aromatic N) is 4. The monoisotopic (exact) mass is 459 g/mol. The van der Waals surface area contributed by atoms with E-state index in [9.17, 15) is 18.8 Å². The zero-order valence-electron chi connectivity index (χ0n) is 17.6. The van der Waals surface area contributed by atoms with Crippen LogP contribution in [0, 0.1) is 5.82 Å². The number of amides is 1. The summed E-state index contributed by atoms with van der Waals surface area (Å²) in [6.07, 6.45) is 1.92. The summed E-state index contributed by atoms with van der Waals surface area (Å²) in [7, 11) is 2.88. The molecule has 0 bridgehead atoms. The Morgan fingerprint density at radius 3 is 2.66 bits per heavy atom. The van der Waals surface area contributed by atoms with E-state index >= 15 is 0 Å². The van der Waals surface area contributed by atoms with Gasteiger partial charge in [0.15, 0.2) is 11.5 Å². The molecule has 3 aromatic rings. The van der Waals surface area contributed by atoms with E-state index in [0.717, 1.165) is 29.2 Å². The van der Waals surface area contributed by atoms with E-state index in [-0.39, 0.29) is 39.6 Å². The summed E-state index contributed by atoms with van der Waals surface area (Å²) in [5.41, 5.74) is -0.409. The molecule has 2 aromatic heterocycles. The van der Waals surface area contributed by atoms with Crippen LogP contribution in [0.5, 0.6) is 0 Å². The van der Waals surface area contributed by atoms with E-state index in [1.165, 1.54) is 42.9 Å². The summed E-state index contributed by atoms with van der Waals surface area (Å²) in [4.78, 5) is 46.5. The Kier molecular flexibility index (Phi) is 6.38. The van der Waals surface area contributed by atoms with Gasteiger partial charge < -0.3 is 10.1 Å². The van der Waals surface area contributed by atoms with Crippen molar-refractivity contribution >= 4 is 28.7 Å². The Hall–Kier alpha value is -3.05. The Bertz CT molecular complexity index is 1280. The van der Waals surface area contributed by atoms with E-state index in [4.69, 9.17) is 4.74 Å². The highest BCUT2D eigenvalue weighted by molar-refractivity contribution is 8.00. The minimum absolute atomic E-state index is 0.0215. The fraction of sp³-hybridized carbons (Fsp3) is 0.381. The Balaban J connectivity index is 1.70. The second-order valence-corrected chi connectivity index (χ2v) is 8.46. The van der Waals surface area contributed by atoms with Crippen molar-refractivity contribution < 1.29 is 13.9 Å². The average molecular weight is 460 g/mol. The molecule has 0 radical (unpaired) electrons. The zero-order valence-corrected chi connectivity index (χ0v) is 18.4. The molecule has 0 saturated carbocycles. The molecule has 1 amide bonds. The number of aryl methyl sites for hydroxylation is 1. The number of halogens is 1. The maximum atomic E-state index is 13.4. The molecule has 1 aliphatic rings.